The predicted octanol–water partition coefficient (Wildman–Crippen LogP) is 2.60. The molecule has 5 heteroatoms. The van der Waals surface area contributed by atoms with Crippen LogP contribution in [0.15, 0.2) is 45.6 Å². The number of furan rings is 1. The van der Waals surface area contributed by atoms with Gasteiger partial charge in [0.25, 0.3) is 5.91 Å². The van der Waals surface area contributed by atoms with Crippen molar-refractivity contribution in [3.05, 3.63) is 52.4 Å². The lowest BCUT2D eigenvalue weighted by atomic mass is 10.0. The van der Waals surface area contributed by atoms with Gasteiger partial charge < -0.3 is 14.9 Å². The summed E-state index contributed by atoms with van der Waals surface area (Å²) in [7, 11) is 1.55. The number of hydrogen-bond donors (Lipinski definition) is 1. The molecule has 0 aliphatic rings. The second-order valence-corrected chi connectivity index (χ2v) is 5.12. The first kappa shape index (κ1) is 12.6. The Bertz CT molecular complexity index is 1060. The van der Waals surface area contributed by atoms with Gasteiger partial charge in [0, 0.05) is 27.8 Å². The van der Waals surface area contributed by atoms with Crippen LogP contribution in [0.2, 0.25) is 0 Å². The summed E-state index contributed by atoms with van der Waals surface area (Å²) >= 11 is 0. The number of methoxy groups -OCH3 is 1. The molecule has 0 unspecified atom stereocenters. The maximum absolute atomic E-state index is 11.7. The van der Waals surface area contributed by atoms with Gasteiger partial charge >= 0.3 is 0 Å². The van der Waals surface area contributed by atoms with Gasteiger partial charge in [-0.25, -0.2) is 0 Å². The summed E-state index contributed by atoms with van der Waals surface area (Å²) < 4.78 is 10.8. The van der Waals surface area contributed by atoms with Gasteiger partial charge in [-0.15, -0.1) is 0 Å². The lowest BCUT2D eigenvalue weighted by Crippen LogP contribution is -2.10. The highest BCUT2D eigenvalue weighted by Gasteiger charge is 2.22. The molecule has 0 fully saturated rings. The largest absolute Gasteiger partial charge is 0.497 e. The van der Waals surface area contributed by atoms with Gasteiger partial charge in [-0.1, -0.05) is 6.07 Å². The summed E-state index contributed by atoms with van der Waals surface area (Å²) in [6, 6.07) is 10.6. The number of nitrogens with two attached hydrogens (primary N) is 1. The molecular formula is C17H11NO4. The molecule has 4 aromatic rings. The Morgan fingerprint density at radius 1 is 1.09 bits per heavy atom. The Morgan fingerprint density at radius 3 is 2.55 bits per heavy atom. The van der Waals surface area contributed by atoms with Crippen molar-refractivity contribution in [1.29, 1.82) is 0 Å². The zero-order valence-corrected chi connectivity index (χ0v) is 11.7. The molecule has 1 aromatic heterocycles. The average molecular weight is 293 g/mol. The van der Waals surface area contributed by atoms with Crippen molar-refractivity contribution in [2.45, 2.75) is 0 Å². The number of benzene rings is 2. The summed E-state index contributed by atoms with van der Waals surface area (Å²) in [4.78, 5) is 23.2. The van der Waals surface area contributed by atoms with Crippen molar-refractivity contribution in [3.8, 4) is 16.9 Å². The molecule has 1 heterocycles. The molecule has 0 atom stereocenters. The molecule has 0 saturated heterocycles. The molecule has 22 heavy (non-hydrogen) atoms. The summed E-state index contributed by atoms with van der Waals surface area (Å²) in [5.74, 6) is 0.0528. The quantitative estimate of drug-likeness (QED) is 0.629. The molecule has 0 spiro atoms. The van der Waals surface area contributed by atoms with Crippen LogP contribution < -0.4 is 15.9 Å². The van der Waals surface area contributed by atoms with Crippen LogP contribution in [-0.4, -0.2) is 13.0 Å². The lowest BCUT2D eigenvalue weighted by molar-refractivity contribution is 0.0977. The van der Waals surface area contributed by atoms with E-state index in [0.29, 0.717) is 22.3 Å². The van der Waals surface area contributed by atoms with E-state index >= 15 is 0 Å². The zero-order valence-electron chi connectivity index (χ0n) is 11.7. The third-order valence-corrected chi connectivity index (χ3v) is 3.86. The van der Waals surface area contributed by atoms with E-state index in [4.69, 9.17) is 14.9 Å². The fourth-order valence-electron chi connectivity index (χ4n) is 2.70. The Balaban J connectivity index is 2.03. The van der Waals surface area contributed by atoms with E-state index in [1.54, 1.807) is 37.4 Å². The highest BCUT2D eigenvalue weighted by Crippen LogP contribution is 2.37. The van der Waals surface area contributed by atoms with Crippen LogP contribution in [0.1, 0.15) is 10.6 Å². The van der Waals surface area contributed by atoms with Gasteiger partial charge in [0.1, 0.15) is 11.3 Å². The Labute approximate surface area is 124 Å². The molecule has 0 aliphatic heterocycles. The first-order chi connectivity index (χ1) is 10.6. The van der Waals surface area contributed by atoms with Crippen molar-refractivity contribution in [3.63, 3.8) is 0 Å². The molecule has 0 bridgehead atoms. The van der Waals surface area contributed by atoms with Crippen LogP contribution in [-0.2, 0) is 0 Å². The highest BCUT2D eigenvalue weighted by atomic mass is 16.5. The van der Waals surface area contributed by atoms with Crippen LogP contribution in [0.3, 0.4) is 0 Å². The SMILES string of the molecule is COc1ccc2c(-c3ccc4c(=O)c4c3)c(C(N)=O)oc2c1. The number of rotatable bonds is 3. The number of amides is 1. The third kappa shape index (κ3) is 1.65. The van der Waals surface area contributed by atoms with Crippen molar-refractivity contribution >= 4 is 27.6 Å². The Morgan fingerprint density at radius 2 is 1.86 bits per heavy atom. The summed E-state index contributed by atoms with van der Waals surface area (Å²) in [5, 5.41) is 2.15. The fraction of sp³-hybridized carbons (Fsp3) is 0.0588. The van der Waals surface area contributed by atoms with Crippen molar-refractivity contribution in [2.24, 2.45) is 5.73 Å². The molecule has 3 aromatic carbocycles. The van der Waals surface area contributed by atoms with Gasteiger partial charge in [0.05, 0.1) is 7.11 Å². The second kappa shape index (κ2) is 4.21. The molecule has 0 saturated carbocycles. The van der Waals surface area contributed by atoms with Gasteiger partial charge in [-0.3, -0.25) is 9.59 Å². The maximum Gasteiger partial charge on any atom is 0.285 e. The van der Waals surface area contributed by atoms with E-state index < -0.39 is 5.91 Å². The Kier molecular flexibility index (Phi) is 2.42. The first-order valence-electron chi connectivity index (χ1n) is 6.69. The number of fused-ring (bicyclic) bond motifs is 2. The predicted molar refractivity (Wildman–Crippen MR) is 82.9 cm³/mol. The van der Waals surface area contributed by atoms with E-state index in [1.807, 2.05) is 6.07 Å². The number of carbonyl (C=O) groups excluding carboxylic acids is 1. The molecular weight excluding hydrogens is 282 g/mol. The van der Waals surface area contributed by atoms with Gasteiger partial charge in [0.15, 0.2) is 11.2 Å². The summed E-state index contributed by atoms with van der Waals surface area (Å²) in [6.45, 7) is 0. The number of carbonyl (C=O) groups is 1. The molecule has 1 amide bonds. The second-order valence-electron chi connectivity index (χ2n) is 5.12. The minimum absolute atomic E-state index is 0.0429. The monoisotopic (exact) mass is 293 g/mol. The summed E-state index contributed by atoms with van der Waals surface area (Å²) in [6.07, 6.45) is 0. The minimum atomic E-state index is -0.652. The number of ether oxygens (including phenoxy) is 1. The third-order valence-electron chi connectivity index (χ3n) is 3.86. The van der Waals surface area contributed by atoms with Crippen molar-refractivity contribution in [1.82, 2.24) is 0 Å². The van der Waals surface area contributed by atoms with E-state index in [1.165, 1.54) is 0 Å². The Hall–Kier alpha value is -3.08. The van der Waals surface area contributed by atoms with Crippen molar-refractivity contribution in [2.75, 3.05) is 7.11 Å². The first-order valence-corrected chi connectivity index (χ1v) is 6.69. The minimum Gasteiger partial charge on any atom is -0.497 e. The fourth-order valence-corrected chi connectivity index (χ4v) is 2.70. The van der Waals surface area contributed by atoms with Crippen LogP contribution >= 0.6 is 0 Å². The van der Waals surface area contributed by atoms with Gasteiger partial charge in [-0.2, -0.15) is 0 Å². The molecule has 5 nitrogen and oxygen atoms in total. The van der Waals surface area contributed by atoms with Crippen LogP contribution in [0, 0.1) is 0 Å². The molecule has 108 valence electrons. The summed E-state index contributed by atoms with van der Waals surface area (Å²) in [5.41, 5.74) is 7.33. The van der Waals surface area contributed by atoms with E-state index in [9.17, 15) is 9.59 Å². The van der Waals surface area contributed by atoms with E-state index in [2.05, 4.69) is 0 Å². The normalized spacial score (nSPS) is 11.5. The molecule has 4 rings (SSSR count). The maximum atomic E-state index is 11.7. The van der Waals surface area contributed by atoms with Crippen LogP contribution in [0.25, 0.3) is 32.9 Å². The van der Waals surface area contributed by atoms with Gasteiger partial charge in [0.2, 0.25) is 0 Å². The smallest absolute Gasteiger partial charge is 0.285 e. The topological polar surface area (TPSA) is 82.5 Å². The van der Waals surface area contributed by atoms with E-state index in [-0.39, 0.29) is 11.2 Å². The molecule has 0 radical (unpaired) electrons. The number of hydrogen-bond acceptors (Lipinski definition) is 4. The van der Waals surface area contributed by atoms with Gasteiger partial charge in [-0.05, 0) is 29.8 Å². The van der Waals surface area contributed by atoms with Crippen molar-refractivity contribution < 1.29 is 13.9 Å². The molecule has 0 aliphatic carbocycles. The lowest BCUT2D eigenvalue weighted by Gasteiger charge is -2.01. The van der Waals surface area contributed by atoms with Crippen LogP contribution in [0.4, 0.5) is 0 Å². The zero-order chi connectivity index (χ0) is 15.4. The highest BCUT2D eigenvalue weighted by molar-refractivity contribution is 6.09. The number of primary amides is 1. The van der Waals surface area contributed by atoms with Crippen LogP contribution in [0.5, 0.6) is 5.75 Å². The molecule has 2 N–H and O–H groups in total. The van der Waals surface area contributed by atoms with E-state index in [0.717, 1.165) is 16.3 Å². The average Bonchev–Trinajstić information content (AvgIpc) is 3.01. The standard InChI is InChI=1S/C17H11NO4/c1-21-9-3-5-11-13(7-9)22-16(17(18)20)14(11)8-2-4-10-12(6-8)15(10)19/h2-7H,1H3,(H2,18,20).